The first kappa shape index (κ1) is 15.5. The fourth-order valence-electron chi connectivity index (χ4n) is 3.71. The lowest BCUT2D eigenvalue weighted by molar-refractivity contribution is 0.0539. The molecular weight excluding hydrogens is 294 g/mol. The number of nitriles is 1. The van der Waals surface area contributed by atoms with Crippen molar-refractivity contribution in [2.75, 3.05) is 26.2 Å². The number of carbonyl (C=O) groups is 1. The van der Waals surface area contributed by atoms with Crippen LogP contribution in [0.15, 0.2) is 16.8 Å². The fourth-order valence-corrected chi connectivity index (χ4v) is 4.34. The van der Waals surface area contributed by atoms with Crippen molar-refractivity contribution >= 4 is 17.2 Å². The smallest absolute Gasteiger partial charge is 0.254 e. The zero-order valence-electron chi connectivity index (χ0n) is 12.9. The molecule has 2 fully saturated rings. The molecule has 0 N–H and O–H groups in total. The Labute approximate surface area is 136 Å². The molecule has 2 heterocycles. The second kappa shape index (κ2) is 7.26. The second-order valence-corrected chi connectivity index (χ2v) is 7.09. The van der Waals surface area contributed by atoms with Gasteiger partial charge in [0, 0.05) is 31.6 Å². The van der Waals surface area contributed by atoms with Crippen LogP contribution in [0, 0.1) is 17.2 Å². The number of rotatable bonds is 3. The second-order valence-electron chi connectivity index (χ2n) is 6.31. The van der Waals surface area contributed by atoms with Crippen molar-refractivity contribution in [3.05, 3.63) is 22.4 Å². The van der Waals surface area contributed by atoms with E-state index in [1.807, 2.05) is 21.7 Å². The van der Waals surface area contributed by atoms with E-state index in [0.29, 0.717) is 5.92 Å². The van der Waals surface area contributed by atoms with Crippen LogP contribution < -0.4 is 0 Å². The maximum atomic E-state index is 12.4. The quantitative estimate of drug-likeness (QED) is 0.861. The molecule has 0 bridgehead atoms. The van der Waals surface area contributed by atoms with Gasteiger partial charge in [-0.15, -0.1) is 0 Å². The highest BCUT2D eigenvalue weighted by molar-refractivity contribution is 7.08. The first-order chi connectivity index (χ1) is 10.8. The Morgan fingerprint density at radius 2 is 1.95 bits per heavy atom. The maximum absolute atomic E-state index is 12.4. The summed E-state index contributed by atoms with van der Waals surface area (Å²) in [5.74, 6) is 0.657. The molecule has 1 amide bonds. The summed E-state index contributed by atoms with van der Waals surface area (Å²) in [4.78, 5) is 16.6. The average Bonchev–Trinajstić information content (AvgIpc) is 3.11. The summed E-state index contributed by atoms with van der Waals surface area (Å²) < 4.78 is 0. The molecule has 4 nitrogen and oxygen atoms in total. The van der Waals surface area contributed by atoms with Crippen molar-refractivity contribution < 1.29 is 4.79 Å². The van der Waals surface area contributed by atoms with Crippen LogP contribution in [0.3, 0.4) is 0 Å². The zero-order chi connectivity index (χ0) is 15.4. The van der Waals surface area contributed by atoms with Gasteiger partial charge in [0.1, 0.15) is 6.04 Å². The third-order valence-corrected chi connectivity index (χ3v) is 5.67. The molecule has 2 aliphatic rings. The predicted octanol–water partition coefficient (Wildman–Crippen LogP) is 2.98. The Kier molecular flexibility index (Phi) is 5.12. The van der Waals surface area contributed by atoms with E-state index < -0.39 is 0 Å². The first-order valence-corrected chi connectivity index (χ1v) is 9.19. The number of hydrogen-bond donors (Lipinski definition) is 0. The van der Waals surface area contributed by atoms with Crippen molar-refractivity contribution in [2.45, 2.75) is 38.1 Å². The molecule has 118 valence electrons. The Morgan fingerprint density at radius 3 is 2.55 bits per heavy atom. The third kappa shape index (κ3) is 3.34. The van der Waals surface area contributed by atoms with Gasteiger partial charge in [0.05, 0.1) is 11.6 Å². The lowest BCUT2D eigenvalue weighted by atomic mass is 9.83. The molecule has 0 spiro atoms. The molecule has 1 aromatic heterocycles. The third-order valence-electron chi connectivity index (χ3n) is 4.99. The molecule has 0 aromatic carbocycles. The summed E-state index contributed by atoms with van der Waals surface area (Å²) in [5.41, 5.74) is 0.794. The normalized spacial score (nSPS) is 22.2. The molecule has 5 heteroatoms. The number of amides is 1. The minimum atomic E-state index is 0.0405. The van der Waals surface area contributed by atoms with E-state index in [0.717, 1.165) is 31.7 Å². The van der Waals surface area contributed by atoms with E-state index in [-0.39, 0.29) is 11.9 Å². The minimum absolute atomic E-state index is 0.0405. The summed E-state index contributed by atoms with van der Waals surface area (Å²) in [5, 5.41) is 13.4. The van der Waals surface area contributed by atoms with Gasteiger partial charge in [-0.2, -0.15) is 16.6 Å². The summed E-state index contributed by atoms with van der Waals surface area (Å²) in [6.45, 7) is 3.12. The van der Waals surface area contributed by atoms with Gasteiger partial charge in [-0.1, -0.05) is 19.3 Å². The van der Waals surface area contributed by atoms with Gasteiger partial charge < -0.3 is 4.90 Å². The van der Waals surface area contributed by atoms with Crippen LogP contribution in [-0.2, 0) is 0 Å². The lowest BCUT2D eigenvalue weighted by Crippen LogP contribution is -2.53. The van der Waals surface area contributed by atoms with Gasteiger partial charge in [-0.3, -0.25) is 9.69 Å². The lowest BCUT2D eigenvalue weighted by Gasteiger charge is -2.40. The van der Waals surface area contributed by atoms with Crippen molar-refractivity contribution in [2.24, 2.45) is 5.92 Å². The van der Waals surface area contributed by atoms with Gasteiger partial charge in [0.15, 0.2) is 0 Å². The Bertz CT molecular complexity index is 523. The number of piperazine rings is 1. The van der Waals surface area contributed by atoms with Crippen LogP contribution in [0.5, 0.6) is 0 Å². The molecular formula is C17H23N3OS. The fraction of sp³-hybridized carbons (Fsp3) is 0.647. The molecule has 1 aliphatic carbocycles. The Hall–Kier alpha value is -1.38. The van der Waals surface area contributed by atoms with Crippen LogP contribution in [0.25, 0.3) is 0 Å². The number of hydrogen-bond acceptors (Lipinski definition) is 4. The summed E-state index contributed by atoms with van der Waals surface area (Å²) >= 11 is 1.56. The molecule has 1 atom stereocenters. The first-order valence-electron chi connectivity index (χ1n) is 8.25. The molecule has 1 aliphatic heterocycles. The molecule has 1 saturated heterocycles. The Balaban J connectivity index is 1.56. The topological polar surface area (TPSA) is 47.3 Å². The highest BCUT2D eigenvalue weighted by Gasteiger charge is 2.32. The summed E-state index contributed by atoms with van der Waals surface area (Å²) in [6.07, 6.45) is 6.22. The number of carbonyl (C=O) groups excluding carboxylic acids is 1. The highest BCUT2D eigenvalue weighted by Crippen LogP contribution is 2.29. The predicted molar refractivity (Wildman–Crippen MR) is 87.8 cm³/mol. The van der Waals surface area contributed by atoms with E-state index in [9.17, 15) is 10.1 Å². The van der Waals surface area contributed by atoms with Crippen molar-refractivity contribution in [3.63, 3.8) is 0 Å². The van der Waals surface area contributed by atoms with Crippen molar-refractivity contribution in [1.82, 2.24) is 9.80 Å². The van der Waals surface area contributed by atoms with Crippen LogP contribution in [0.1, 0.15) is 42.5 Å². The standard InChI is InChI=1S/C17H23N3OS/c18-12-16(14-4-2-1-3-5-14)19-7-9-20(10-8-19)17(21)15-6-11-22-13-15/h6,11,13-14,16H,1-5,7-10H2/t16-/m0/s1. The van der Waals surface area contributed by atoms with Crippen LogP contribution in [0.2, 0.25) is 0 Å². The van der Waals surface area contributed by atoms with Gasteiger partial charge in [-0.25, -0.2) is 0 Å². The van der Waals surface area contributed by atoms with E-state index in [2.05, 4.69) is 11.0 Å². The largest absolute Gasteiger partial charge is 0.336 e. The highest BCUT2D eigenvalue weighted by atomic mass is 32.1. The zero-order valence-corrected chi connectivity index (χ0v) is 13.7. The van der Waals surface area contributed by atoms with Crippen LogP contribution in [-0.4, -0.2) is 47.9 Å². The molecule has 3 rings (SSSR count). The molecule has 1 aromatic rings. The van der Waals surface area contributed by atoms with Gasteiger partial charge in [0.25, 0.3) is 5.91 Å². The van der Waals surface area contributed by atoms with Crippen molar-refractivity contribution in [3.8, 4) is 6.07 Å². The van der Waals surface area contributed by atoms with E-state index >= 15 is 0 Å². The minimum Gasteiger partial charge on any atom is -0.336 e. The van der Waals surface area contributed by atoms with Gasteiger partial charge in [-0.05, 0) is 30.2 Å². The average molecular weight is 317 g/mol. The number of thiophene rings is 1. The molecule has 0 unspecified atom stereocenters. The maximum Gasteiger partial charge on any atom is 0.254 e. The monoisotopic (exact) mass is 317 g/mol. The number of nitrogens with zero attached hydrogens (tertiary/aromatic N) is 3. The molecule has 1 saturated carbocycles. The molecule has 0 radical (unpaired) electrons. The van der Waals surface area contributed by atoms with Gasteiger partial charge >= 0.3 is 0 Å². The van der Waals surface area contributed by atoms with Gasteiger partial charge in [0.2, 0.25) is 0 Å². The summed E-state index contributed by atoms with van der Waals surface area (Å²) in [6, 6.07) is 4.47. The van der Waals surface area contributed by atoms with Crippen LogP contribution in [0.4, 0.5) is 0 Å². The van der Waals surface area contributed by atoms with Crippen molar-refractivity contribution in [1.29, 1.82) is 5.26 Å². The van der Waals surface area contributed by atoms with Crippen LogP contribution >= 0.6 is 11.3 Å². The van der Waals surface area contributed by atoms with E-state index in [1.165, 1.54) is 32.1 Å². The SMILES string of the molecule is N#C[C@@H](C1CCCCC1)N1CCN(C(=O)c2ccsc2)CC1. The summed E-state index contributed by atoms with van der Waals surface area (Å²) in [7, 11) is 0. The van der Waals surface area contributed by atoms with E-state index in [1.54, 1.807) is 11.3 Å². The Morgan fingerprint density at radius 1 is 1.23 bits per heavy atom. The molecule has 22 heavy (non-hydrogen) atoms. The van der Waals surface area contributed by atoms with E-state index in [4.69, 9.17) is 0 Å².